The van der Waals surface area contributed by atoms with Crippen molar-refractivity contribution in [2.24, 2.45) is 5.92 Å². The van der Waals surface area contributed by atoms with Gasteiger partial charge >= 0.3 is 5.97 Å². The van der Waals surface area contributed by atoms with E-state index >= 15 is 0 Å². The predicted molar refractivity (Wildman–Crippen MR) is 121 cm³/mol. The smallest absolute Gasteiger partial charge is 0.324 e. The average molecular weight is 478 g/mol. The first-order valence-corrected chi connectivity index (χ1v) is 11.5. The molecule has 2 aromatic carbocycles. The maximum atomic E-state index is 12.7. The minimum Gasteiger partial charge on any atom is -0.497 e. The van der Waals surface area contributed by atoms with Crippen LogP contribution in [0.2, 0.25) is 0 Å². The molecule has 2 rings (SSSR count). The predicted octanol–water partition coefficient (Wildman–Crippen LogP) is 1.54. The van der Waals surface area contributed by atoms with E-state index in [2.05, 4.69) is 15.4 Å². The number of anilines is 1. The molecule has 0 aromatic heterocycles. The van der Waals surface area contributed by atoms with Crippen LogP contribution in [0.1, 0.15) is 24.2 Å². The molecule has 0 aliphatic rings. The van der Waals surface area contributed by atoms with E-state index in [0.717, 1.165) is 0 Å². The van der Waals surface area contributed by atoms with E-state index < -0.39 is 40.5 Å². The number of carbonyl (C=O) groups is 3. The van der Waals surface area contributed by atoms with Crippen LogP contribution < -0.4 is 20.1 Å². The Labute approximate surface area is 192 Å². The monoisotopic (exact) mass is 477 g/mol. The number of carbonyl (C=O) groups excluding carboxylic acids is 3. The fraction of sp³-hybridized carbons (Fsp3) is 0.318. The molecule has 0 saturated heterocycles. The minimum absolute atomic E-state index is 0.0419. The summed E-state index contributed by atoms with van der Waals surface area (Å²) in [6.07, 6.45) is 0. The molecule has 0 aliphatic carbocycles. The molecule has 2 aromatic rings. The van der Waals surface area contributed by atoms with Crippen LogP contribution in [0, 0.1) is 5.92 Å². The van der Waals surface area contributed by atoms with Crippen molar-refractivity contribution >= 4 is 33.5 Å². The number of amides is 2. The quantitative estimate of drug-likeness (QED) is 0.441. The van der Waals surface area contributed by atoms with Crippen LogP contribution in [-0.4, -0.2) is 53.0 Å². The Morgan fingerprint density at radius 2 is 1.58 bits per heavy atom. The van der Waals surface area contributed by atoms with E-state index in [-0.39, 0.29) is 10.8 Å². The van der Waals surface area contributed by atoms with Gasteiger partial charge in [-0.1, -0.05) is 13.8 Å². The molecule has 0 aliphatic heterocycles. The van der Waals surface area contributed by atoms with Crippen LogP contribution in [0.15, 0.2) is 53.4 Å². The van der Waals surface area contributed by atoms with Crippen molar-refractivity contribution in [3.05, 3.63) is 54.1 Å². The second kappa shape index (κ2) is 11.4. The van der Waals surface area contributed by atoms with Gasteiger partial charge < -0.3 is 20.1 Å². The Hall–Kier alpha value is -3.44. The maximum absolute atomic E-state index is 12.7. The highest BCUT2D eigenvalue weighted by atomic mass is 32.2. The third kappa shape index (κ3) is 7.29. The van der Waals surface area contributed by atoms with Gasteiger partial charge in [0.1, 0.15) is 11.8 Å². The third-order valence-electron chi connectivity index (χ3n) is 4.58. The molecule has 0 unspecified atom stereocenters. The highest BCUT2D eigenvalue weighted by Gasteiger charge is 2.30. The van der Waals surface area contributed by atoms with Gasteiger partial charge in [-0.15, -0.1) is 0 Å². The molecule has 10 nitrogen and oxygen atoms in total. The number of nitrogens with one attached hydrogen (secondary N) is 3. The molecule has 0 radical (unpaired) electrons. The number of ether oxygens (including phenoxy) is 2. The van der Waals surface area contributed by atoms with Gasteiger partial charge in [-0.2, -0.15) is 4.72 Å². The third-order valence-corrected chi connectivity index (χ3v) is 6.03. The topological polar surface area (TPSA) is 140 Å². The molecule has 3 N–H and O–H groups in total. The lowest BCUT2D eigenvalue weighted by atomic mass is 10.1. The van der Waals surface area contributed by atoms with Gasteiger partial charge in [-0.3, -0.25) is 14.4 Å². The largest absolute Gasteiger partial charge is 0.497 e. The zero-order valence-electron chi connectivity index (χ0n) is 18.7. The lowest BCUT2D eigenvalue weighted by molar-refractivity contribution is -0.150. The van der Waals surface area contributed by atoms with Gasteiger partial charge in [0.15, 0.2) is 6.61 Å². The fourth-order valence-corrected chi connectivity index (χ4v) is 4.05. The first-order chi connectivity index (χ1) is 15.6. The second-order valence-corrected chi connectivity index (χ2v) is 9.04. The zero-order valence-corrected chi connectivity index (χ0v) is 19.6. The first kappa shape index (κ1) is 25.8. The van der Waals surface area contributed by atoms with E-state index in [1.165, 1.54) is 62.7 Å². The fourth-order valence-electron chi connectivity index (χ4n) is 2.72. The maximum Gasteiger partial charge on any atom is 0.324 e. The average Bonchev–Trinajstić information content (AvgIpc) is 2.80. The van der Waals surface area contributed by atoms with Crippen molar-refractivity contribution in [2.75, 3.05) is 26.1 Å². The van der Waals surface area contributed by atoms with Crippen molar-refractivity contribution in [1.82, 2.24) is 10.0 Å². The van der Waals surface area contributed by atoms with Crippen molar-refractivity contribution in [1.29, 1.82) is 0 Å². The SMILES string of the molecule is CNC(=O)c1ccc(NC(=O)COC(=O)[C@@H](NS(=O)(=O)c2ccc(OC)cc2)C(C)C)cc1. The van der Waals surface area contributed by atoms with Crippen molar-refractivity contribution < 1.29 is 32.3 Å². The van der Waals surface area contributed by atoms with E-state index in [1.54, 1.807) is 13.8 Å². The zero-order chi connectivity index (χ0) is 24.6. The van der Waals surface area contributed by atoms with E-state index in [4.69, 9.17) is 9.47 Å². The number of sulfonamides is 1. The molecule has 0 fully saturated rings. The molecule has 178 valence electrons. The lowest BCUT2D eigenvalue weighted by Crippen LogP contribution is -2.45. The van der Waals surface area contributed by atoms with Crippen molar-refractivity contribution in [3.63, 3.8) is 0 Å². The number of esters is 1. The minimum atomic E-state index is -4.01. The van der Waals surface area contributed by atoms with E-state index in [1.807, 2.05) is 0 Å². The van der Waals surface area contributed by atoms with E-state index in [9.17, 15) is 22.8 Å². The molecule has 0 spiro atoms. The molecular formula is C22H27N3O7S. The summed E-state index contributed by atoms with van der Waals surface area (Å²) in [6, 6.07) is 10.6. The molecule has 0 heterocycles. The Bertz CT molecular complexity index is 1080. The second-order valence-electron chi connectivity index (χ2n) is 7.33. The summed E-state index contributed by atoms with van der Waals surface area (Å²) in [5.41, 5.74) is 0.829. The number of hydrogen-bond acceptors (Lipinski definition) is 7. The Balaban J connectivity index is 1.97. The normalized spacial score (nSPS) is 12.0. The van der Waals surface area contributed by atoms with Crippen LogP contribution in [0.5, 0.6) is 5.75 Å². The summed E-state index contributed by atoms with van der Waals surface area (Å²) in [4.78, 5) is 36.2. The van der Waals surface area contributed by atoms with Gasteiger partial charge in [0.2, 0.25) is 10.0 Å². The van der Waals surface area contributed by atoms with Gasteiger partial charge in [-0.25, -0.2) is 8.42 Å². The summed E-state index contributed by atoms with van der Waals surface area (Å²) in [6.45, 7) is 2.69. The number of benzene rings is 2. The van der Waals surface area contributed by atoms with Crippen molar-refractivity contribution in [3.8, 4) is 5.75 Å². The van der Waals surface area contributed by atoms with E-state index in [0.29, 0.717) is 17.0 Å². The van der Waals surface area contributed by atoms with Gasteiger partial charge in [-0.05, 0) is 54.4 Å². The highest BCUT2D eigenvalue weighted by molar-refractivity contribution is 7.89. The Kier molecular flexibility index (Phi) is 8.94. The van der Waals surface area contributed by atoms with Crippen LogP contribution in [0.4, 0.5) is 5.69 Å². The highest BCUT2D eigenvalue weighted by Crippen LogP contribution is 2.17. The molecule has 11 heteroatoms. The molecule has 2 amide bonds. The molecule has 33 heavy (non-hydrogen) atoms. The van der Waals surface area contributed by atoms with Crippen LogP contribution in [0.25, 0.3) is 0 Å². The lowest BCUT2D eigenvalue weighted by Gasteiger charge is -2.20. The summed E-state index contributed by atoms with van der Waals surface area (Å²) < 4.78 is 37.7. The van der Waals surface area contributed by atoms with Gasteiger partial charge in [0.05, 0.1) is 12.0 Å². The molecule has 1 atom stereocenters. The van der Waals surface area contributed by atoms with Crippen LogP contribution in [-0.2, 0) is 24.3 Å². The first-order valence-electron chi connectivity index (χ1n) is 10.0. The summed E-state index contributed by atoms with van der Waals surface area (Å²) in [5.74, 6) is -1.71. The molecule has 0 saturated carbocycles. The number of rotatable bonds is 10. The van der Waals surface area contributed by atoms with Crippen LogP contribution >= 0.6 is 0 Å². The molecular weight excluding hydrogens is 450 g/mol. The summed E-state index contributed by atoms with van der Waals surface area (Å²) >= 11 is 0. The summed E-state index contributed by atoms with van der Waals surface area (Å²) in [7, 11) is -1.05. The Morgan fingerprint density at radius 1 is 0.970 bits per heavy atom. The molecule has 0 bridgehead atoms. The van der Waals surface area contributed by atoms with Crippen molar-refractivity contribution in [2.45, 2.75) is 24.8 Å². The standard InChI is InChI=1S/C22H27N3O7S/c1-14(2)20(25-33(29,30)18-11-9-17(31-4)10-12-18)22(28)32-13-19(26)24-16-7-5-15(6-8-16)21(27)23-3/h5-12,14,20,25H,13H2,1-4H3,(H,23,27)(H,24,26)/t20-/m0/s1. The summed E-state index contributed by atoms with van der Waals surface area (Å²) in [5, 5.41) is 5.02. The van der Waals surface area contributed by atoms with Gasteiger partial charge in [0, 0.05) is 18.3 Å². The van der Waals surface area contributed by atoms with Gasteiger partial charge in [0.25, 0.3) is 11.8 Å². The Morgan fingerprint density at radius 3 is 2.09 bits per heavy atom. The number of methoxy groups -OCH3 is 1. The number of hydrogen-bond donors (Lipinski definition) is 3. The van der Waals surface area contributed by atoms with Crippen LogP contribution in [0.3, 0.4) is 0 Å².